The number of rotatable bonds is 5. The van der Waals surface area contributed by atoms with E-state index in [1.807, 2.05) is 13.0 Å². The first-order chi connectivity index (χ1) is 10.7. The van der Waals surface area contributed by atoms with Gasteiger partial charge in [-0.3, -0.25) is 14.7 Å². The van der Waals surface area contributed by atoms with Crippen LogP contribution in [0.25, 0.3) is 11.5 Å². The lowest BCUT2D eigenvalue weighted by Gasteiger charge is -2.09. The lowest BCUT2D eigenvalue weighted by atomic mass is 10.2. The maximum absolute atomic E-state index is 12.1. The molecule has 3 amide bonds. The van der Waals surface area contributed by atoms with Crippen LogP contribution in [0.5, 0.6) is 0 Å². The molecule has 3 rings (SSSR count). The molecule has 0 radical (unpaired) electrons. The third kappa shape index (κ3) is 2.67. The highest BCUT2D eigenvalue weighted by molar-refractivity contribution is 6.04. The van der Waals surface area contributed by atoms with E-state index in [9.17, 15) is 9.59 Å². The zero-order valence-corrected chi connectivity index (χ0v) is 12.0. The molecule has 22 heavy (non-hydrogen) atoms. The highest BCUT2D eigenvalue weighted by atomic mass is 16.5. The van der Waals surface area contributed by atoms with Crippen molar-refractivity contribution >= 4 is 11.9 Å². The molecular formula is C14H15N5O3. The molecule has 1 saturated heterocycles. The summed E-state index contributed by atoms with van der Waals surface area (Å²) in [7, 11) is 0. The summed E-state index contributed by atoms with van der Waals surface area (Å²) >= 11 is 0. The Balaban J connectivity index is 1.73. The zero-order valence-electron chi connectivity index (χ0n) is 12.0. The van der Waals surface area contributed by atoms with Crippen LogP contribution >= 0.6 is 0 Å². The molecular weight excluding hydrogens is 286 g/mol. The predicted molar refractivity (Wildman–Crippen MR) is 75.3 cm³/mol. The fraction of sp³-hybridized carbons (Fsp3) is 0.357. The molecule has 2 aromatic heterocycles. The van der Waals surface area contributed by atoms with Gasteiger partial charge in [-0.25, -0.2) is 4.79 Å². The first-order valence-corrected chi connectivity index (χ1v) is 7.05. The standard InChI is InChI=1S/C14H15N5O3/c1-2-5-10-13(20)19(14(21)16-10)8-11-17-12(18-22-11)9-6-3-4-7-15-9/h3-4,6-7,10H,2,5,8H2,1H3,(H,16,21). The number of aromatic nitrogens is 3. The molecule has 1 atom stereocenters. The van der Waals surface area contributed by atoms with E-state index in [0.29, 0.717) is 17.9 Å². The minimum absolute atomic E-state index is 0.0370. The number of pyridine rings is 1. The third-order valence-corrected chi connectivity index (χ3v) is 3.34. The number of nitrogens with one attached hydrogen (secondary N) is 1. The van der Waals surface area contributed by atoms with Crippen LogP contribution in [0.4, 0.5) is 4.79 Å². The van der Waals surface area contributed by atoms with E-state index < -0.39 is 12.1 Å². The van der Waals surface area contributed by atoms with E-state index in [1.165, 1.54) is 0 Å². The third-order valence-electron chi connectivity index (χ3n) is 3.34. The number of nitrogens with zero attached hydrogens (tertiary/aromatic N) is 4. The molecule has 0 aliphatic carbocycles. The van der Waals surface area contributed by atoms with Gasteiger partial charge < -0.3 is 9.84 Å². The quantitative estimate of drug-likeness (QED) is 0.836. The molecule has 3 heterocycles. The van der Waals surface area contributed by atoms with Crippen molar-refractivity contribution in [3.8, 4) is 11.5 Å². The summed E-state index contributed by atoms with van der Waals surface area (Å²) in [5.74, 6) is 0.262. The Hall–Kier alpha value is -2.77. The summed E-state index contributed by atoms with van der Waals surface area (Å²) in [4.78, 5) is 33.3. The van der Waals surface area contributed by atoms with Crippen LogP contribution < -0.4 is 5.32 Å². The SMILES string of the molecule is CCCC1NC(=O)N(Cc2nc(-c3ccccn3)no2)C1=O. The number of carbonyl (C=O) groups is 2. The van der Waals surface area contributed by atoms with Gasteiger partial charge in [-0.1, -0.05) is 24.6 Å². The summed E-state index contributed by atoms with van der Waals surface area (Å²) in [6, 6.07) is 4.45. The van der Waals surface area contributed by atoms with Crippen LogP contribution in [0.2, 0.25) is 0 Å². The summed E-state index contributed by atoms with van der Waals surface area (Å²) in [5.41, 5.74) is 0.568. The van der Waals surface area contributed by atoms with Gasteiger partial charge in [0, 0.05) is 6.20 Å². The summed E-state index contributed by atoms with van der Waals surface area (Å²) in [6.45, 7) is 1.92. The molecule has 0 bridgehead atoms. The molecule has 1 aliphatic heterocycles. The van der Waals surface area contributed by atoms with Crippen LogP contribution in [0, 0.1) is 0 Å². The van der Waals surface area contributed by atoms with E-state index >= 15 is 0 Å². The normalized spacial score (nSPS) is 17.9. The van der Waals surface area contributed by atoms with E-state index in [2.05, 4.69) is 20.4 Å². The van der Waals surface area contributed by atoms with E-state index in [-0.39, 0.29) is 18.3 Å². The van der Waals surface area contributed by atoms with E-state index in [0.717, 1.165) is 11.3 Å². The molecule has 8 nitrogen and oxygen atoms in total. The predicted octanol–water partition coefficient (Wildman–Crippen LogP) is 1.35. The smallest absolute Gasteiger partial charge is 0.325 e. The number of hydrogen-bond acceptors (Lipinski definition) is 6. The second-order valence-corrected chi connectivity index (χ2v) is 4.94. The summed E-state index contributed by atoms with van der Waals surface area (Å²) in [6.07, 6.45) is 3.05. The first-order valence-electron chi connectivity index (χ1n) is 7.05. The topological polar surface area (TPSA) is 101 Å². The average Bonchev–Trinajstić information content (AvgIpc) is 3.10. The van der Waals surface area contributed by atoms with Gasteiger partial charge in [-0.2, -0.15) is 4.98 Å². The Labute approximate surface area is 126 Å². The van der Waals surface area contributed by atoms with Crippen LogP contribution in [0.3, 0.4) is 0 Å². The minimum Gasteiger partial charge on any atom is -0.337 e. The van der Waals surface area contributed by atoms with Gasteiger partial charge in [0.2, 0.25) is 11.7 Å². The van der Waals surface area contributed by atoms with Gasteiger partial charge in [0.25, 0.3) is 5.91 Å². The molecule has 114 valence electrons. The number of hydrogen-bond donors (Lipinski definition) is 1. The van der Waals surface area contributed by atoms with Crippen molar-refractivity contribution in [2.75, 3.05) is 0 Å². The maximum atomic E-state index is 12.1. The van der Waals surface area contributed by atoms with E-state index in [1.54, 1.807) is 18.3 Å². The van der Waals surface area contributed by atoms with Crippen molar-refractivity contribution in [1.29, 1.82) is 0 Å². The van der Waals surface area contributed by atoms with Gasteiger partial charge in [0.1, 0.15) is 18.3 Å². The Morgan fingerprint density at radius 1 is 1.36 bits per heavy atom. The van der Waals surface area contributed by atoms with Gasteiger partial charge >= 0.3 is 6.03 Å². The van der Waals surface area contributed by atoms with Gasteiger partial charge in [0.05, 0.1) is 0 Å². The molecule has 8 heteroatoms. The Morgan fingerprint density at radius 3 is 2.95 bits per heavy atom. The minimum atomic E-state index is -0.462. The Kier molecular flexibility index (Phi) is 3.82. The van der Waals surface area contributed by atoms with Crippen LogP contribution in [-0.4, -0.2) is 38.0 Å². The first kappa shape index (κ1) is 14.2. The highest BCUT2D eigenvalue weighted by Crippen LogP contribution is 2.16. The average molecular weight is 301 g/mol. The summed E-state index contributed by atoms with van der Waals surface area (Å²) in [5, 5.41) is 6.46. The molecule has 0 saturated carbocycles. The number of carbonyl (C=O) groups excluding carboxylic acids is 2. The monoisotopic (exact) mass is 301 g/mol. The lowest BCUT2D eigenvalue weighted by Crippen LogP contribution is -2.31. The van der Waals surface area contributed by atoms with Crippen molar-refractivity contribution < 1.29 is 14.1 Å². The van der Waals surface area contributed by atoms with Gasteiger partial charge in [-0.15, -0.1) is 0 Å². The van der Waals surface area contributed by atoms with Crippen molar-refractivity contribution in [2.45, 2.75) is 32.4 Å². The molecule has 1 N–H and O–H groups in total. The van der Waals surface area contributed by atoms with Gasteiger partial charge in [-0.05, 0) is 18.6 Å². The second kappa shape index (κ2) is 5.92. The molecule has 2 aromatic rings. The molecule has 1 unspecified atom stereocenters. The fourth-order valence-electron chi connectivity index (χ4n) is 2.26. The fourth-order valence-corrected chi connectivity index (χ4v) is 2.26. The lowest BCUT2D eigenvalue weighted by molar-refractivity contribution is -0.128. The van der Waals surface area contributed by atoms with Crippen molar-refractivity contribution in [3.05, 3.63) is 30.3 Å². The largest absolute Gasteiger partial charge is 0.337 e. The van der Waals surface area contributed by atoms with Crippen LogP contribution in [0.15, 0.2) is 28.9 Å². The zero-order chi connectivity index (χ0) is 15.5. The molecule has 1 aliphatic rings. The van der Waals surface area contributed by atoms with Crippen molar-refractivity contribution in [1.82, 2.24) is 25.3 Å². The Morgan fingerprint density at radius 2 is 2.23 bits per heavy atom. The van der Waals surface area contributed by atoms with Crippen molar-refractivity contribution in [2.24, 2.45) is 0 Å². The molecule has 1 fully saturated rings. The maximum Gasteiger partial charge on any atom is 0.325 e. The van der Waals surface area contributed by atoms with Gasteiger partial charge in [0.15, 0.2) is 0 Å². The molecule has 0 aromatic carbocycles. The van der Waals surface area contributed by atoms with Crippen molar-refractivity contribution in [3.63, 3.8) is 0 Å². The number of amides is 3. The van der Waals surface area contributed by atoms with E-state index in [4.69, 9.17) is 4.52 Å². The Bertz CT molecular complexity index is 685. The number of imide groups is 1. The molecule has 0 spiro atoms. The number of urea groups is 1. The summed E-state index contributed by atoms with van der Waals surface area (Å²) < 4.78 is 5.10. The highest BCUT2D eigenvalue weighted by Gasteiger charge is 2.38. The second-order valence-electron chi connectivity index (χ2n) is 4.94. The van der Waals surface area contributed by atoms with Crippen LogP contribution in [0.1, 0.15) is 25.7 Å². The van der Waals surface area contributed by atoms with Crippen LogP contribution in [-0.2, 0) is 11.3 Å².